The third-order valence-electron chi connectivity index (χ3n) is 4.93. The maximum atomic E-state index is 15.4. The van der Waals surface area contributed by atoms with Crippen molar-refractivity contribution in [2.24, 2.45) is 0 Å². The van der Waals surface area contributed by atoms with E-state index in [2.05, 4.69) is 9.47 Å². The molecule has 0 aliphatic carbocycles. The Morgan fingerprint density at radius 1 is 1.00 bits per heavy atom. The molecule has 12 heteroatoms. The first kappa shape index (κ1) is 25.5. The van der Waals surface area contributed by atoms with E-state index in [4.69, 9.17) is 9.31 Å². The van der Waals surface area contributed by atoms with Gasteiger partial charge >= 0.3 is 19.7 Å². The van der Waals surface area contributed by atoms with Gasteiger partial charge < -0.3 is 18.8 Å². The average Bonchev–Trinajstić information content (AvgIpc) is 2.80. The largest absolute Gasteiger partial charge is 0.573 e. The van der Waals surface area contributed by atoms with E-state index in [1.807, 2.05) is 0 Å². The third kappa shape index (κ3) is 7.11. The van der Waals surface area contributed by atoms with Gasteiger partial charge in [0.05, 0.1) is 17.8 Å². The highest BCUT2D eigenvalue weighted by molar-refractivity contribution is 6.55. The molecule has 0 aromatic heterocycles. The molecule has 174 valence electrons. The number of hydrogen-bond donors (Lipinski definition) is 0. The monoisotopic (exact) mass is 458 g/mol. The first-order chi connectivity index (χ1) is 14.0. The van der Waals surface area contributed by atoms with Gasteiger partial charge in [-0.1, -0.05) is 12.1 Å². The summed E-state index contributed by atoms with van der Waals surface area (Å²) in [5.41, 5.74) is -3.04. The van der Waals surface area contributed by atoms with E-state index in [0.717, 1.165) is 12.1 Å². The highest BCUT2D eigenvalue weighted by atomic mass is 19.4. The topological polar surface area (TPSA) is 36.9 Å². The van der Waals surface area contributed by atoms with E-state index in [1.165, 1.54) is 12.1 Å². The molecule has 0 unspecified atom stereocenters. The number of rotatable bonds is 7. The molecule has 4 nitrogen and oxygen atoms in total. The lowest BCUT2D eigenvalue weighted by Crippen LogP contribution is -2.41. The van der Waals surface area contributed by atoms with E-state index in [9.17, 15) is 26.3 Å². The van der Waals surface area contributed by atoms with Crippen LogP contribution in [-0.4, -0.2) is 44.1 Å². The number of alkyl halides is 6. The van der Waals surface area contributed by atoms with Crippen molar-refractivity contribution < 1.29 is 49.5 Å². The van der Waals surface area contributed by atoms with Crippen LogP contribution in [0.4, 0.5) is 30.7 Å². The Balaban J connectivity index is 2.35. The summed E-state index contributed by atoms with van der Waals surface area (Å²) in [5.74, 6) is -0.611. The molecule has 0 atom stereocenters. The van der Waals surface area contributed by atoms with Crippen LogP contribution in [0, 0.1) is 0 Å². The van der Waals surface area contributed by atoms with Crippen LogP contribution in [0.25, 0.3) is 5.57 Å². The zero-order valence-corrected chi connectivity index (χ0v) is 17.3. The van der Waals surface area contributed by atoms with Gasteiger partial charge in [-0.2, -0.15) is 13.2 Å². The second kappa shape index (κ2) is 8.99. The van der Waals surface area contributed by atoms with Crippen LogP contribution in [0.3, 0.4) is 0 Å². The minimum Gasteiger partial charge on any atom is -0.406 e. The SMILES string of the molecule is CC1(C)OB(C(F)=C(CCOCC(F)(F)F)c2cccc(OC(F)(F)F)c2)OC1(C)C. The average molecular weight is 458 g/mol. The number of halogens is 7. The molecule has 0 radical (unpaired) electrons. The fourth-order valence-corrected chi connectivity index (χ4v) is 2.73. The van der Waals surface area contributed by atoms with Crippen LogP contribution in [0.2, 0.25) is 0 Å². The molecular formula is C19H22BF7O4. The first-order valence-corrected chi connectivity index (χ1v) is 9.26. The standard InChI is InChI=1S/C19H22BF7O4/c1-16(2)17(3,4)31-20(30-16)15(21)14(8-9-28-11-18(22,23)24)12-6-5-7-13(10-12)29-19(25,26)27/h5-7,10H,8-9,11H2,1-4H3. The molecule has 0 bridgehead atoms. The summed E-state index contributed by atoms with van der Waals surface area (Å²) in [6.45, 7) is 4.60. The molecule has 0 N–H and O–H groups in total. The third-order valence-corrected chi connectivity index (χ3v) is 4.93. The maximum absolute atomic E-state index is 15.4. The Morgan fingerprint density at radius 3 is 2.10 bits per heavy atom. The summed E-state index contributed by atoms with van der Waals surface area (Å²) < 4.78 is 110. The van der Waals surface area contributed by atoms with Gasteiger partial charge in [-0.05, 0) is 57.4 Å². The molecule has 1 aliphatic rings. The predicted molar refractivity (Wildman–Crippen MR) is 98.7 cm³/mol. The van der Waals surface area contributed by atoms with Crippen molar-refractivity contribution >= 4 is 12.7 Å². The lowest BCUT2D eigenvalue weighted by molar-refractivity contribution is -0.274. The first-order valence-electron chi connectivity index (χ1n) is 9.26. The van der Waals surface area contributed by atoms with Gasteiger partial charge in [0.25, 0.3) is 0 Å². The van der Waals surface area contributed by atoms with Crippen LogP contribution in [0.5, 0.6) is 5.75 Å². The van der Waals surface area contributed by atoms with Crippen LogP contribution >= 0.6 is 0 Å². The Labute approximate surface area is 175 Å². The highest BCUT2D eigenvalue weighted by Gasteiger charge is 2.53. The van der Waals surface area contributed by atoms with Gasteiger partial charge in [-0.15, -0.1) is 13.2 Å². The van der Waals surface area contributed by atoms with Gasteiger partial charge in [-0.25, -0.2) is 4.39 Å². The molecule has 1 fully saturated rings. The van der Waals surface area contributed by atoms with E-state index in [-0.39, 0.29) is 17.6 Å². The Bertz CT molecular complexity index is 787. The van der Waals surface area contributed by atoms with Crippen molar-refractivity contribution in [2.75, 3.05) is 13.2 Å². The van der Waals surface area contributed by atoms with Crippen molar-refractivity contribution in [1.29, 1.82) is 0 Å². The van der Waals surface area contributed by atoms with E-state index < -0.39 is 55.5 Å². The molecule has 1 aliphatic heterocycles. The quantitative estimate of drug-likeness (QED) is 0.291. The van der Waals surface area contributed by atoms with Crippen molar-refractivity contribution in [1.82, 2.24) is 0 Å². The Morgan fingerprint density at radius 2 is 1.58 bits per heavy atom. The van der Waals surface area contributed by atoms with Gasteiger partial charge in [0.1, 0.15) is 18.1 Å². The van der Waals surface area contributed by atoms with Gasteiger partial charge in [0.15, 0.2) is 0 Å². The zero-order chi connectivity index (χ0) is 23.7. The number of ether oxygens (including phenoxy) is 2. The zero-order valence-electron chi connectivity index (χ0n) is 17.3. The molecular weight excluding hydrogens is 436 g/mol. The van der Waals surface area contributed by atoms with Crippen LogP contribution in [-0.2, 0) is 14.0 Å². The molecule has 0 saturated carbocycles. The highest BCUT2D eigenvalue weighted by Crippen LogP contribution is 2.41. The molecule has 1 aromatic carbocycles. The lowest BCUT2D eigenvalue weighted by Gasteiger charge is -2.32. The summed E-state index contributed by atoms with van der Waals surface area (Å²) >= 11 is 0. The summed E-state index contributed by atoms with van der Waals surface area (Å²) in [5, 5.41) is 0. The van der Waals surface area contributed by atoms with Crippen molar-refractivity contribution in [3.8, 4) is 5.75 Å². The smallest absolute Gasteiger partial charge is 0.406 e. The minimum absolute atomic E-state index is 0.0374. The van der Waals surface area contributed by atoms with E-state index >= 15 is 4.39 Å². The lowest BCUT2D eigenvalue weighted by atomic mass is 9.82. The summed E-state index contributed by atoms with van der Waals surface area (Å²) in [6, 6.07) is 4.44. The molecule has 1 heterocycles. The molecule has 1 aromatic rings. The van der Waals surface area contributed by atoms with Crippen LogP contribution in [0.15, 0.2) is 30.0 Å². The maximum Gasteiger partial charge on any atom is 0.573 e. The van der Waals surface area contributed by atoms with E-state index in [1.54, 1.807) is 27.7 Å². The molecule has 31 heavy (non-hydrogen) atoms. The molecule has 0 amide bonds. The van der Waals surface area contributed by atoms with Gasteiger partial charge in [-0.3, -0.25) is 0 Å². The van der Waals surface area contributed by atoms with Crippen LogP contribution < -0.4 is 4.74 Å². The summed E-state index contributed by atoms with van der Waals surface area (Å²) in [6.07, 6.45) is -9.92. The van der Waals surface area contributed by atoms with Crippen LogP contribution in [0.1, 0.15) is 39.7 Å². The summed E-state index contributed by atoms with van der Waals surface area (Å²) in [7, 11) is -1.49. The van der Waals surface area contributed by atoms with Crippen molar-refractivity contribution in [3.63, 3.8) is 0 Å². The summed E-state index contributed by atoms with van der Waals surface area (Å²) in [4.78, 5) is 0. The van der Waals surface area contributed by atoms with E-state index in [0.29, 0.717) is 0 Å². The molecule has 0 spiro atoms. The van der Waals surface area contributed by atoms with Gasteiger partial charge in [0.2, 0.25) is 0 Å². The fourth-order valence-electron chi connectivity index (χ4n) is 2.73. The second-order valence-electron chi connectivity index (χ2n) is 7.91. The van der Waals surface area contributed by atoms with Crippen molar-refractivity contribution in [3.05, 3.63) is 35.6 Å². The van der Waals surface area contributed by atoms with Gasteiger partial charge in [0, 0.05) is 0 Å². The Hall–Kier alpha value is -1.79. The van der Waals surface area contributed by atoms with Crippen molar-refractivity contribution in [2.45, 2.75) is 57.9 Å². The molecule has 1 saturated heterocycles. The number of benzene rings is 1. The Kier molecular flexibility index (Phi) is 7.39. The predicted octanol–water partition coefficient (Wildman–Crippen LogP) is 5.87. The minimum atomic E-state index is -4.97. The molecule has 2 rings (SSSR count). The second-order valence-corrected chi connectivity index (χ2v) is 7.91. The normalized spacial score (nSPS) is 19.4. The fraction of sp³-hybridized carbons (Fsp3) is 0.579. The number of hydrogen-bond acceptors (Lipinski definition) is 4.